The molecule has 0 nitrogen and oxygen atoms in total. The number of hydrogen-bond acceptors (Lipinski definition) is 0. The van der Waals surface area contributed by atoms with Gasteiger partial charge < -0.3 is 0 Å². The van der Waals surface area contributed by atoms with Gasteiger partial charge in [-0.25, -0.2) is 0 Å². The van der Waals surface area contributed by atoms with Gasteiger partial charge in [0.1, 0.15) is 0 Å². The summed E-state index contributed by atoms with van der Waals surface area (Å²) in [6.07, 6.45) is 16.5. The van der Waals surface area contributed by atoms with E-state index in [1.165, 1.54) is 61.4 Å². The first-order chi connectivity index (χ1) is 12.1. The number of rotatable bonds is 1. The van der Waals surface area contributed by atoms with E-state index in [2.05, 4.69) is 59.3 Å². The van der Waals surface area contributed by atoms with Crippen molar-refractivity contribution >= 4 is 15.9 Å². The Morgan fingerprint density at radius 2 is 1.88 bits per heavy atom. The molecule has 0 amide bonds. The van der Waals surface area contributed by atoms with Crippen molar-refractivity contribution in [2.45, 2.75) is 64.2 Å². The fraction of sp³-hybridized carbons (Fsp3) is 0.583. The van der Waals surface area contributed by atoms with Gasteiger partial charge in [-0.2, -0.15) is 0 Å². The maximum atomic E-state index is 3.57. The molecular formula is C24H29Br. The molecule has 1 aromatic rings. The summed E-state index contributed by atoms with van der Waals surface area (Å²) >= 11 is 3.57. The van der Waals surface area contributed by atoms with Gasteiger partial charge in [0.25, 0.3) is 0 Å². The zero-order valence-electron chi connectivity index (χ0n) is 15.3. The average Bonchev–Trinajstić information content (AvgIpc) is 3.03. The first-order valence-electron chi connectivity index (χ1n) is 10.3. The predicted octanol–water partition coefficient (Wildman–Crippen LogP) is 7.42. The Labute approximate surface area is 160 Å². The van der Waals surface area contributed by atoms with Crippen LogP contribution in [0.5, 0.6) is 0 Å². The number of halogens is 1. The van der Waals surface area contributed by atoms with E-state index in [0.717, 1.165) is 23.7 Å². The van der Waals surface area contributed by atoms with E-state index >= 15 is 0 Å². The van der Waals surface area contributed by atoms with Gasteiger partial charge in [0.05, 0.1) is 0 Å². The molecule has 0 N–H and O–H groups in total. The van der Waals surface area contributed by atoms with E-state index < -0.39 is 0 Å². The van der Waals surface area contributed by atoms with Crippen LogP contribution in [-0.4, -0.2) is 0 Å². The second-order valence-electron chi connectivity index (χ2n) is 9.26. The van der Waals surface area contributed by atoms with E-state index in [1.807, 2.05) is 5.57 Å². The molecule has 0 heterocycles. The summed E-state index contributed by atoms with van der Waals surface area (Å²) < 4.78 is 1.19. The zero-order chi connectivity index (χ0) is 17.0. The fourth-order valence-corrected chi connectivity index (χ4v) is 6.89. The largest absolute Gasteiger partial charge is 0.0841 e. The van der Waals surface area contributed by atoms with Gasteiger partial charge in [-0.3, -0.25) is 0 Å². The van der Waals surface area contributed by atoms with E-state index in [1.54, 1.807) is 5.57 Å². The van der Waals surface area contributed by atoms with E-state index in [-0.39, 0.29) is 0 Å². The summed E-state index contributed by atoms with van der Waals surface area (Å²) in [5.41, 5.74) is 5.78. The molecule has 2 fully saturated rings. The Balaban J connectivity index is 1.39. The SMILES string of the molecule is C[C@]12CC=C3[C@H]4CCC(c5ccc(Br)cc5)CC4=CC[C@H]3[C@@H]1CCC2. The van der Waals surface area contributed by atoms with Gasteiger partial charge in [0.15, 0.2) is 0 Å². The third-order valence-electron chi connectivity index (χ3n) is 7.99. The number of fused-ring (bicyclic) bond motifs is 5. The molecule has 4 aliphatic rings. The first kappa shape index (κ1) is 16.4. The molecule has 1 unspecified atom stereocenters. The van der Waals surface area contributed by atoms with Crippen molar-refractivity contribution in [3.8, 4) is 0 Å². The predicted molar refractivity (Wildman–Crippen MR) is 109 cm³/mol. The second-order valence-corrected chi connectivity index (χ2v) is 10.2. The van der Waals surface area contributed by atoms with Crippen LogP contribution >= 0.6 is 15.9 Å². The lowest BCUT2D eigenvalue weighted by molar-refractivity contribution is 0.147. The van der Waals surface area contributed by atoms with Crippen molar-refractivity contribution in [3.05, 3.63) is 57.6 Å². The summed E-state index contributed by atoms with van der Waals surface area (Å²) in [5.74, 6) is 3.36. The lowest BCUT2D eigenvalue weighted by Gasteiger charge is -2.48. The summed E-state index contributed by atoms with van der Waals surface area (Å²) in [6, 6.07) is 9.06. The maximum absolute atomic E-state index is 3.57. The smallest absolute Gasteiger partial charge is 0.0175 e. The highest BCUT2D eigenvalue weighted by Crippen LogP contribution is 2.59. The molecule has 0 bridgehead atoms. The molecule has 132 valence electrons. The van der Waals surface area contributed by atoms with Gasteiger partial charge in [-0.1, -0.05) is 64.7 Å². The molecule has 25 heavy (non-hydrogen) atoms. The third kappa shape index (κ3) is 2.69. The lowest BCUT2D eigenvalue weighted by atomic mass is 9.57. The molecule has 0 saturated heterocycles. The number of allylic oxidation sites excluding steroid dienone is 4. The van der Waals surface area contributed by atoms with Crippen LogP contribution in [0.1, 0.15) is 69.8 Å². The van der Waals surface area contributed by atoms with Gasteiger partial charge in [0.2, 0.25) is 0 Å². The minimum Gasteiger partial charge on any atom is -0.0841 e. The van der Waals surface area contributed by atoms with Crippen LogP contribution in [0, 0.1) is 23.2 Å². The average molecular weight is 397 g/mol. The van der Waals surface area contributed by atoms with Crippen LogP contribution in [0.4, 0.5) is 0 Å². The number of benzene rings is 1. The Bertz CT molecular complexity index is 725. The van der Waals surface area contributed by atoms with Gasteiger partial charge in [-0.05, 0) is 85.8 Å². The van der Waals surface area contributed by atoms with Crippen molar-refractivity contribution in [2.24, 2.45) is 23.2 Å². The van der Waals surface area contributed by atoms with E-state index in [4.69, 9.17) is 0 Å². The van der Waals surface area contributed by atoms with E-state index in [0.29, 0.717) is 5.41 Å². The van der Waals surface area contributed by atoms with Crippen LogP contribution < -0.4 is 0 Å². The maximum Gasteiger partial charge on any atom is 0.0175 e. The molecule has 2 saturated carbocycles. The molecule has 4 aliphatic carbocycles. The van der Waals surface area contributed by atoms with Crippen LogP contribution in [-0.2, 0) is 0 Å². The molecule has 5 rings (SSSR count). The molecule has 1 aromatic carbocycles. The Kier molecular flexibility index (Phi) is 4.00. The van der Waals surface area contributed by atoms with Crippen molar-refractivity contribution in [1.82, 2.24) is 0 Å². The number of hydrogen-bond donors (Lipinski definition) is 0. The first-order valence-corrected chi connectivity index (χ1v) is 11.1. The van der Waals surface area contributed by atoms with Crippen molar-refractivity contribution in [2.75, 3.05) is 0 Å². The quantitative estimate of drug-likeness (QED) is 0.433. The van der Waals surface area contributed by atoms with Crippen LogP contribution in [0.25, 0.3) is 0 Å². The highest BCUT2D eigenvalue weighted by molar-refractivity contribution is 9.10. The molecule has 0 spiro atoms. The summed E-state index contributed by atoms with van der Waals surface area (Å²) in [4.78, 5) is 0. The standard InChI is InChI=1S/C24H29Br/c1-24-13-2-3-23(24)22-11-7-18-15-17(16-4-8-19(25)9-5-16)6-10-20(18)21(22)12-14-24/h4-5,7-9,12,17,20,22-23H,2-3,6,10-11,13-15H2,1H3/t17?,20-,22+,23-,24-/m0/s1. The molecule has 5 atom stereocenters. The minimum atomic E-state index is 0.619. The monoisotopic (exact) mass is 396 g/mol. The third-order valence-corrected chi connectivity index (χ3v) is 8.52. The van der Waals surface area contributed by atoms with Crippen LogP contribution in [0.3, 0.4) is 0 Å². The molecule has 0 aromatic heterocycles. The lowest BCUT2D eigenvalue weighted by Crippen LogP contribution is -2.37. The summed E-state index contributed by atoms with van der Waals surface area (Å²) in [6.45, 7) is 2.57. The highest BCUT2D eigenvalue weighted by atomic mass is 79.9. The van der Waals surface area contributed by atoms with Crippen molar-refractivity contribution < 1.29 is 0 Å². The molecular weight excluding hydrogens is 368 g/mol. The molecule has 0 aliphatic heterocycles. The summed E-state index contributed by atoms with van der Waals surface area (Å²) in [7, 11) is 0. The van der Waals surface area contributed by atoms with Crippen LogP contribution in [0.2, 0.25) is 0 Å². The van der Waals surface area contributed by atoms with Crippen molar-refractivity contribution in [1.29, 1.82) is 0 Å². The van der Waals surface area contributed by atoms with Gasteiger partial charge in [-0.15, -0.1) is 0 Å². The second kappa shape index (κ2) is 6.12. The Morgan fingerprint density at radius 1 is 1.04 bits per heavy atom. The van der Waals surface area contributed by atoms with Crippen LogP contribution in [0.15, 0.2) is 52.0 Å². The molecule has 0 radical (unpaired) electrons. The highest BCUT2D eigenvalue weighted by Gasteiger charge is 2.48. The van der Waals surface area contributed by atoms with Crippen molar-refractivity contribution in [3.63, 3.8) is 0 Å². The van der Waals surface area contributed by atoms with Gasteiger partial charge >= 0.3 is 0 Å². The topological polar surface area (TPSA) is 0 Å². The molecule has 1 heteroatoms. The fourth-order valence-electron chi connectivity index (χ4n) is 6.62. The van der Waals surface area contributed by atoms with E-state index in [9.17, 15) is 0 Å². The summed E-state index contributed by atoms with van der Waals surface area (Å²) in [5, 5.41) is 0. The minimum absolute atomic E-state index is 0.619. The normalized spacial score (nSPS) is 39.8. The van der Waals surface area contributed by atoms with Gasteiger partial charge in [0, 0.05) is 10.4 Å². The Hall–Kier alpha value is -0.820. The Morgan fingerprint density at radius 3 is 2.72 bits per heavy atom. The zero-order valence-corrected chi connectivity index (χ0v) is 16.9.